The normalized spacial score (nSPS) is 11.8. The molecule has 0 saturated carbocycles. The molecule has 0 aliphatic heterocycles. The Bertz CT molecular complexity index is 934. The standard InChI is InChI=1S/C24H30N4O2/c1-18(2)30-22-12-10-21(11-13-22)27-24(25)26-15-19-7-4-5-8-20(19)16-28(3)17-23-9-6-14-29-23/h4-14,18H,15-17H2,1-3H3,(H3,25,26,27). The number of nitrogens with two attached hydrogens (primary N) is 1. The van der Waals surface area contributed by atoms with E-state index in [1.807, 2.05) is 62.4 Å². The maximum absolute atomic E-state index is 6.10. The maximum atomic E-state index is 6.10. The zero-order valence-corrected chi connectivity index (χ0v) is 17.8. The highest BCUT2D eigenvalue weighted by molar-refractivity contribution is 5.92. The number of nitrogens with one attached hydrogen (secondary N) is 1. The van der Waals surface area contributed by atoms with Gasteiger partial charge in [0.2, 0.25) is 0 Å². The number of rotatable bonds is 9. The first-order chi connectivity index (χ1) is 14.5. The van der Waals surface area contributed by atoms with Crippen molar-refractivity contribution >= 4 is 11.6 Å². The average molecular weight is 407 g/mol. The maximum Gasteiger partial charge on any atom is 0.193 e. The molecule has 0 spiro atoms. The average Bonchev–Trinajstić information content (AvgIpc) is 3.21. The van der Waals surface area contributed by atoms with Gasteiger partial charge in [0.25, 0.3) is 0 Å². The van der Waals surface area contributed by atoms with E-state index in [9.17, 15) is 0 Å². The van der Waals surface area contributed by atoms with Gasteiger partial charge in [-0.05, 0) is 68.4 Å². The lowest BCUT2D eigenvalue weighted by Gasteiger charge is -2.17. The minimum absolute atomic E-state index is 0.147. The van der Waals surface area contributed by atoms with E-state index >= 15 is 0 Å². The second-order valence-electron chi connectivity index (χ2n) is 7.54. The predicted molar refractivity (Wildman–Crippen MR) is 121 cm³/mol. The quantitative estimate of drug-likeness (QED) is 0.400. The van der Waals surface area contributed by atoms with E-state index in [1.165, 1.54) is 5.56 Å². The molecule has 3 N–H and O–H groups in total. The van der Waals surface area contributed by atoms with Crippen LogP contribution in [0.4, 0.5) is 5.69 Å². The minimum Gasteiger partial charge on any atom is -0.491 e. The largest absolute Gasteiger partial charge is 0.491 e. The molecular weight excluding hydrogens is 376 g/mol. The van der Waals surface area contributed by atoms with Crippen LogP contribution in [0.25, 0.3) is 0 Å². The van der Waals surface area contributed by atoms with Gasteiger partial charge in [0, 0.05) is 12.2 Å². The Morgan fingerprint density at radius 3 is 2.43 bits per heavy atom. The number of furan rings is 1. The van der Waals surface area contributed by atoms with Crippen LogP contribution in [-0.4, -0.2) is 24.0 Å². The number of guanidine groups is 1. The monoisotopic (exact) mass is 406 g/mol. The summed E-state index contributed by atoms with van der Waals surface area (Å²) in [5.41, 5.74) is 9.34. The summed E-state index contributed by atoms with van der Waals surface area (Å²) in [6.07, 6.45) is 1.85. The topological polar surface area (TPSA) is 76.0 Å². The van der Waals surface area contributed by atoms with Crippen molar-refractivity contribution in [3.63, 3.8) is 0 Å². The molecule has 1 heterocycles. The molecule has 0 aliphatic rings. The molecular formula is C24H30N4O2. The third kappa shape index (κ3) is 6.67. The lowest BCUT2D eigenvalue weighted by atomic mass is 10.1. The van der Waals surface area contributed by atoms with Crippen molar-refractivity contribution in [3.8, 4) is 5.75 Å². The van der Waals surface area contributed by atoms with Crippen molar-refractivity contribution in [1.82, 2.24) is 4.90 Å². The lowest BCUT2D eigenvalue weighted by Crippen LogP contribution is -2.23. The first kappa shape index (κ1) is 21.5. The number of ether oxygens (including phenoxy) is 1. The van der Waals surface area contributed by atoms with Crippen molar-refractivity contribution in [2.45, 2.75) is 39.6 Å². The summed E-state index contributed by atoms with van der Waals surface area (Å²) in [4.78, 5) is 6.73. The van der Waals surface area contributed by atoms with Gasteiger partial charge in [0.05, 0.1) is 25.5 Å². The van der Waals surface area contributed by atoms with E-state index < -0.39 is 0 Å². The van der Waals surface area contributed by atoms with Gasteiger partial charge in [0.1, 0.15) is 11.5 Å². The lowest BCUT2D eigenvalue weighted by molar-refractivity contribution is 0.242. The highest BCUT2D eigenvalue weighted by atomic mass is 16.5. The first-order valence-electron chi connectivity index (χ1n) is 10.1. The van der Waals surface area contributed by atoms with Crippen molar-refractivity contribution in [3.05, 3.63) is 83.8 Å². The molecule has 1 aromatic heterocycles. The summed E-state index contributed by atoms with van der Waals surface area (Å²) in [7, 11) is 2.07. The Labute approximate surface area is 178 Å². The number of hydrogen-bond donors (Lipinski definition) is 2. The molecule has 2 aromatic carbocycles. The molecule has 30 heavy (non-hydrogen) atoms. The predicted octanol–water partition coefficient (Wildman–Crippen LogP) is 4.63. The van der Waals surface area contributed by atoms with Crippen molar-refractivity contribution in [2.75, 3.05) is 12.4 Å². The van der Waals surface area contributed by atoms with E-state index in [0.29, 0.717) is 12.5 Å². The SMILES string of the molecule is CC(C)Oc1ccc(NC(N)=NCc2ccccc2CN(C)Cc2ccco2)cc1. The van der Waals surface area contributed by atoms with Crippen LogP contribution >= 0.6 is 0 Å². The molecule has 0 bridgehead atoms. The molecule has 0 radical (unpaired) electrons. The van der Waals surface area contributed by atoms with E-state index in [2.05, 4.69) is 34.4 Å². The number of nitrogens with zero attached hydrogens (tertiary/aromatic N) is 2. The van der Waals surface area contributed by atoms with Gasteiger partial charge in [-0.2, -0.15) is 0 Å². The summed E-state index contributed by atoms with van der Waals surface area (Å²) in [5, 5.41) is 3.13. The zero-order valence-electron chi connectivity index (χ0n) is 17.8. The van der Waals surface area contributed by atoms with Crippen LogP contribution in [0.5, 0.6) is 5.75 Å². The van der Waals surface area contributed by atoms with Crippen molar-refractivity contribution < 1.29 is 9.15 Å². The first-order valence-corrected chi connectivity index (χ1v) is 10.1. The zero-order chi connectivity index (χ0) is 21.3. The third-order valence-corrected chi connectivity index (χ3v) is 4.48. The molecule has 0 fully saturated rings. The summed E-state index contributed by atoms with van der Waals surface area (Å²) in [6, 6.07) is 19.9. The Morgan fingerprint density at radius 2 is 1.77 bits per heavy atom. The molecule has 6 heteroatoms. The second-order valence-corrected chi connectivity index (χ2v) is 7.54. The van der Waals surface area contributed by atoms with E-state index in [0.717, 1.165) is 35.9 Å². The fraction of sp³-hybridized carbons (Fsp3) is 0.292. The number of hydrogen-bond acceptors (Lipinski definition) is 4. The molecule has 0 unspecified atom stereocenters. The van der Waals surface area contributed by atoms with Crippen LogP contribution in [0.1, 0.15) is 30.7 Å². The molecule has 0 atom stereocenters. The van der Waals surface area contributed by atoms with Gasteiger partial charge in [-0.3, -0.25) is 4.90 Å². The van der Waals surface area contributed by atoms with Gasteiger partial charge < -0.3 is 20.2 Å². The Morgan fingerprint density at radius 1 is 1.03 bits per heavy atom. The van der Waals surface area contributed by atoms with Gasteiger partial charge in [0.15, 0.2) is 5.96 Å². The molecule has 6 nitrogen and oxygen atoms in total. The van der Waals surface area contributed by atoms with Crippen LogP contribution in [0.3, 0.4) is 0 Å². The summed E-state index contributed by atoms with van der Waals surface area (Å²) >= 11 is 0. The van der Waals surface area contributed by atoms with Crippen LogP contribution in [0.15, 0.2) is 76.3 Å². The summed E-state index contributed by atoms with van der Waals surface area (Å²) in [6.45, 7) is 6.08. The molecule has 0 saturated heterocycles. The van der Waals surface area contributed by atoms with Crippen LogP contribution in [0.2, 0.25) is 0 Å². The van der Waals surface area contributed by atoms with Gasteiger partial charge in [-0.25, -0.2) is 4.99 Å². The molecule has 3 rings (SSSR count). The summed E-state index contributed by atoms with van der Waals surface area (Å²) in [5.74, 6) is 2.16. The fourth-order valence-corrected chi connectivity index (χ4v) is 3.13. The highest BCUT2D eigenvalue weighted by Gasteiger charge is 2.08. The Balaban J connectivity index is 1.58. The number of anilines is 1. The Hall–Kier alpha value is -3.25. The van der Waals surface area contributed by atoms with E-state index in [1.54, 1.807) is 6.26 Å². The molecule has 3 aromatic rings. The molecule has 158 valence electrons. The van der Waals surface area contributed by atoms with Gasteiger partial charge in [-0.1, -0.05) is 24.3 Å². The van der Waals surface area contributed by atoms with Crippen LogP contribution < -0.4 is 15.8 Å². The van der Waals surface area contributed by atoms with Gasteiger partial charge in [-0.15, -0.1) is 0 Å². The van der Waals surface area contributed by atoms with E-state index in [-0.39, 0.29) is 6.10 Å². The van der Waals surface area contributed by atoms with E-state index in [4.69, 9.17) is 14.9 Å². The molecule has 0 amide bonds. The third-order valence-electron chi connectivity index (χ3n) is 4.48. The van der Waals surface area contributed by atoms with Crippen LogP contribution in [0, 0.1) is 0 Å². The van der Waals surface area contributed by atoms with Gasteiger partial charge >= 0.3 is 0 Å². The Kier molecular flexibility index (Phi) is 7.51. The molecule has 0 aliphatic carbocycles. The fourth-order valence-electron chi connectivity index (χ4n) is 3.13. The highest BCUT2D eigenvalue weighted by Crippen LogP contribution is 2.17. The van der Waals surface area contributed by atoms with Crippen LogP contribution in [-0.2, 0) is 19.6 Å². The number of aliphatic imine (C=N–C) groups is 1. The smallest absolute Gasteiger partial charge is 0.193 e. The van der Waals surface area contributed by atoms with Crippen molar-refractivity contribution in [1.29, 1.82) is 0 Å². The minimum atomic E-state index is 0.147. The second kappa shape index (κ2) is 10.5. The number of benzene rings is 2. The summed E-state index contributed by atoms with van der Waals surface area (Å²) < 4.78 is 11.1. The van der Waals surface area contributed by atoms with Crippen molar-refractivity contribution in [2.24, 2.45) is 10.7 Å².